The zero-order valence-electron chi connectivity index (χ0n) is 11.5. The van der Waals surface area contributed by atoms with Crippen LogP contribution in [-0.2, 0) is 6.54 Å². The molecule has 2 rings (SSSR count). The number of rotatable bonds is 6. The number of aryl methyl sites for hydroxylation is 1. The Hall–Kier alpha value is -1.68. The maximum Gasteiger partial charge on any atom is 0.163 e. The van der Waals surface area contributed by atoms with Crippen molar-refractivity contribution in [1.29, 1.82) is 0 Å². The molecule has 1 aromatic carbocycles. The summed E-state index contributed by atoms with van der Waals surface area (Å²) >= 11 is 1.81. The first-order chi connectivity index (χ1) is 9.22. The van der Waals surface area contributed by atoms with Crippen LogP contribution in [0.5, 0.6) is 11.5 Å². The molecule has 0 amide bonds. The molecule has 0 aliphatic heterocycles. The van der Waals surface area contributed by atoms with Crippen LogP contribution in [0.15, 0.2) is 30.3 Å². The summed E-state index contributed by atoms with van der Waals surface area (Å²) in [5.74, 6) is 1.54. The Bertz CT molecular complexity index is 537. The normalized spacial score (nSPS) is 10.3. The molecule has 1 aromatic heterocycles. The molecule has 0 atom stereocenters. The number of anilines is 1. The quantitative estimate of drug-likeness (QED) is 0.863. The molecule has 0 spiro atoms. The number of hydrogen-bond donors (Lipinski definition) is 1. The lowest BCUT2D eigenvalue weighted by Crippen LogP contribution is -2.00. The lowest BCUT2D eigenvalue weighted by molar-refractivity contribution is 0.311. The second-order valence-corrected chi connectivity index (χ2v) is 5.54. The molecule has 2 aromatic rings. The predicted molar refractivity (Wildman–Crippen MR) is 80.5 cm³/mol. The molecule has 0 unspecified atom stereocenters. The molecule has 102 valence electrons. The average molecular weight is 277 g/mol. The highest BCUT2D eigenvalue weighted by molar-refractivity contribution is 7.11. The van der Waals surface area contributed by atoms with E-state index in [0.717, 1.165) is 23.7 Å². The van der Waals surface area contributed by atoms with Crippen molar-refractivity contribution >= 4 is 17.0 Å². The van der Waals surface area contributed by atoms with Gasteiger partial charge in [-0.1, -0.05) is 0 Å². The highest BCUT2D eigenvalue weighted by atomic mass is 32.1. The van der Waals surface area contributed by atoms with Gasteiger partial charge in [0.15, 0.2) is 11.5 Å². The van der Waals surface area contributed by atoms with Gasteiger partial charge in [0.2, 0.25) is 0 Å². The third kappa shape index (κ3) is 3.64. The van der Waals surface area contributed by atoms with Crippen LogP contribution >= 0.6 is 11.3 Å². The Labute approximate surface area is 118 Å². The smallest absolute Gasteiger partial charge is 0.163 e. The van der Waals surface area contributed by atoms with Crippen LogP contribution in [0.1, 0.15) is 16.7 Å². The number of nitrogens with one attached hydrogen (secondary N) is 1. The first kappa shape index (κ1) is 13.7. The van der Waals surface area contributed by atoms with Crippen LogP contribution < -0.4 is 14.8 Å². The van der Waals surface area contributed by atoms with E-state index in [0.29, 0.717) is 6.61 Å². The van der Waals surface area contributed by atoms with Gasteiger partial charge >= 0.3 is 0 Å². The Morgan fingerprint density at radius 3 is 2.63 bits per heavy atom. The summed E-state index contributed by atoms with van der Waals surface area (Å²) < 4.78 is 10.8. The first-order valence-electron chi connectivity index (χ1n) is 6.33. The number of ether oxygens (including phenoxy) is 2. The maximum absolute atomic E-state index is 5.56. The Morgan fingerprint density at radius 1 is 1.16 bits per heavy atom. The molecule has 19 heavy (non-hydrogen) atoms. The number of benzene rings is 1. The number of methoxy groups -OCH3 is 1. The van der Waals surface area contributed by atoms with Crippen LogP contribution in [0.4, 0.5) is 5.69 Å². The van der Waals surface area contributed by atoms with Crippen LogP contribution in [0.2, 0.25) is 0 Å². The lowest BCUT2D eigenvalue weighted by atomic mass is 10.2. The van der Waals surface area contributed by atoms with E-state index >= 15 is 0 Å². The zero-order valence-corrected chi connectivity index (χ0v) is 12.3. The highest BCUT2D eigenvalue weighted by Gasteiger charge is 2.05. The van der Waals surface area contributed by atoms with Crippen LogP contribution in [0.25, 0.3) is 0 Å². The Kier molecular flexibility index (Phi) is 4.68. The highest BCUT2D eigenvalue weighted by Crippen LogP contribution is 2.30. The van der Waals surface area contributed by atoms with Crippen LogP contribution in [-0.4, -0.2) is 13.7 Å². The van der Waals surface area contributed by atoms with Crippen molar-refractivity contribution in [2.45, 2.75) is 20.4 Å². The molecule has 0 bridgehead atoms. The van der Waals surface area contributed by atoms with E-state index in [2.05, 4.69) is 24.4 Å². The number of thiophene rings is 1. The van der Waals surface area contributed by atoms with Gasteiger partial charge in [-0.15, -0.1) is 11.3 Å². The van der Waals surface area contributed by atoms with E-state index in [1.165, 1.54) is 9.75 Å². The summed E-state index contributed by atoms with van der Waals surface area (Å²) in [7, 11) is 1.65. The largest absolute Gasteiger partial charge is 0.493 e. The molecular weight excluding hydrogens is 258 g/mol. The summed E-state index contributed by atoms with van der Waals surface area (Å²) in [6.07, 6.45) is 0. The van der Waals surface area contributed by atoms with Gasteiger partial charge in [0.25, 0.3) is 0 Å². The first-order valence-corrected chi connectivity index (χ1v) is 7.14. The zero-order chi connectivity index (χ0) is 13.7. The monoisotopic (exact) mass is 277 g/mol. The maximum atomic E-state index is 5.56. The van der Waals surface area contributed by atoms with Gasteiger partial charge in [0, 0.05) is 28.1 Å². The van der Waals surface area contributed by atoms with Crippen molar-refractivity contribution in [2.24, 2.45) is 0 Å². The molecule has 0 aliphatic carbocycles. The summed E-state index contributed by atoms with van der Waals surface area (Å²) in [6, 6.07) is 10.2. The van der Waals surface area contributed by atoms with Crippen molar-refractivity contribution < 1.29 is 9.47 Å². The van der Waals surface area contributed by atoms with Gasteiger partial charge in [-0.3, -0.25) is 0 Å². The molecule has 0 fully saturated rings. The fourth-order valence-corrected chi connectivity index (χ4v) is 2.65. The number of hydrogen-bond acceptors (Lipinski definition) is 4. The molecule has 1 heterocycles. The third-order valence-electron chi connectivity index (χ3n) is 2.73. The fraction of sp³-hybridized carbons (Fsp3) is 0.333. The second-order valence-electron chi connectivity index (χ2n) is 4.16. The van der Waals surface area contributed by atoms with Crippen molar-refractivity contribution in [1.82, 2.24) is 0 Å². The molecule has 3 nitrogen and oxygen atoms in total. The minimum absolute atomic E-state index is 0.629. The van der Waals surface area contributed by atoms with E-state index in [1.807, 2.05) is 36.5 Å². The Balaban J connectivity index is 2.05. The summed E-state index contributed by atoms with van der Waals surface area (Å²) in [6.45, 7) is 5.54. The van der Waals surface area contributed by atoms with E-state index in [-0.39, 0.29) is 0 Å². The minimum atomic E-state index is 0.629. The SMILES string of the molecule is CCOc1cc(NCc2ccc(C)s2)ccc1OC. The van der Waals surface area contributed by atoms with Crippen molar-refractivity contribution in [3.05, 3.63) is 40.1 Å². The van der Waals surface area contributed by atoms with Crippen molar-refractivity contribution in [3.63, 3.8) is 0 Å². The topological polar surface area (TPSA) is 30.5 Å². The predicted octanol–water partition coefficient (Wildman–Crippen LogP) is 4.08. The van der Waals surface area contributed by atoms with E-state index < -0.39 is 0 Å². The van der Waals surface area contributed by atoms with Crippen LogP contribution in [0, 0.1) is 6.92 Å². The van der Waals surface area contributed by atoms with E-state index in [1.54, 1.807) is 7.11 Å². The van der Waals surface area contributed by atoms with Gasteiger partial charge in [0.1, 0.15) is 0 Å². The van der Waals surface area contributed by atoms with Gasteiger partial charge in [-0.25, -0.2) is 0 Å². The Morgan fingerprint density at radius 2 is 2.00 bits per heavy atom. The summed E-state index contributed by atoms with van der Waals surface area (Å²) in [5.41, 5.74) is 1.04. The van der Waals surface area contributed by atoms with Gasteiger partial charge in [0.05, 0.1) is 13.7 Å². The van der Waals surface area contributed by atoms with Crippen molar-refractivity contribution in [2.75, 3.05) is 19.0 Å². The van der Waals surface area contributed by atoms with Gasteiger partial charge in [-0.2, -0.15) is 0 Å². The summed E-state index contributed by atoms with van der Waals surface area (Å²) in [4.78, 5) is 2.66. The average Bonchev–Trinajstić information content (AvgIpc) is 2.83. The molecule has 0 radical (unpaired) electrons. The van der Waals surface area contributed by atoms with E-state index in [9.17, 15) is 0 Å². The lowest BCUT2D eigenvalue weighted by Gasteiger charge is -2.12. The molecule has 0 aliphatic rings. The standard InChI is InChI=1S/C15H19NO2S/c1-4-18-15-9-12(6-8-14(15)17-3)16-10-13-7-5-11(2)19-13/h5-9,16H,4,10H2,1-3H3. The van der Waals surface area contributed by atoms with Gasteiger partial charge in [-0.05, 0) is 38.1 Å². The molecule has 4 heteroatoms. The second kappa shape index (κ2) is 6.48. The molecule has 1 N–H and O–H groups in total. The molecule has 0 saturated carbocycles. The molecular formula is C15H19NO2S. The van der Waals surface area contributed by atoms with Crippen LogP contribution in [0.3, 0.4) is 0 Å². The molecule has 0 saturated heterocycles. The van der Waals surface area contributed by atoms with Gasteiger partial charge < -0.3 is 14.8 Å². The third-order valence-corrected chi connectivity index (χ3v) is 3.73. The minimum Gasteiger partial charge on any atom is -0.493 e. The fourth-order valence-electron chi connectivity index (χ4n) is 1.82. The summed E-state index contributed by atoms with van der Waals surface area (Å²) in [5, 5.41) is 3.40. The van der Waals surface area contributed by atoms with E-state index in [4.69, 9.17) is 9.47 Å². The van der Waals surface area contributed by atoms with Crippen molar-refractivity contribution in [3.8, 4) is 11.5 Å².